The van der Waals surface area contributed by atoms with Crippen LogP contribution in [-0.4, -0.2) is 21.9 Å². The molecule has 1 N–H and O–H groups in total. The first-order chi connectivity index (χ1) is 8.13. The van der Waals surface area contributed by atoms with E-state index in [4.69, 9.17) is 17.0 Å². The van der Waals surface area contributed by atoms with Crippen LogP contribution in [0.4, 0.5) is 0 Å². The molecule has 0 saturated carbocycles. The van der Waals surface area contributed by atoms with E-state index < -0.39 is 0 Å². The summed E-state index contributed by atoms with van der Waals surface area (Å²) in [6.45, 7) is 4.17. The lowest BCUT2D eigenvalue weighted by atomic mass is 10.2. The van der Waals surface area contributed by atoms with Gasteiger partial charge in [-0.25, -0.2) is 0 Å². The molecule has 0 spiro atoms. The molecule has 0 unspecified atom stereocenters. The van der Waals surface area contributed by atoms with Crippen molar-refractivity contribution < 1.29 is 4.74 Å². The molecule has 2 aromatic rings. The van der Waals surface area contributed by atoms with Crippen LogP contribution in [0.3, 0.4) is 0 Å². The average Bonchev–Trinajstić information content (AvgIpc) is 2.71. The highest BCUT2D eigenvalue weighted by Gasteiger charge is 2.11. The first-order valence-electron chi connectivity index (χ1n) is 5.45. The van der Waals surface area contributed by atoms with Gasteiger partial charge in [-0.05, 0) is 24.4 Å². The van der Waals surface area contributed by atoms with Gasteiger partial charge in [0.25, 0.3) is 0 Å². The number of hydrogen-bond donors (Lipinski definition) is 1. The lowest BCUT2D eigenvalue weighted by molar-refractivity contribution is 0.414. The van der Waals surface area contributed by atoms with Crippen molar-refractivity contribution in [3.05, 3.63) is 34.9 Å². The van der Waals surface area contributed by atoms with Crippen LogP contribution in [0.1, 0.15) is 25.6 Å². The molecule has 0 aliphatic rings. The molecule has 1 aromatic carbocycles. The second-order valence-corrected chi connectivity index (χ2v) is 4.47. The molecule has 0 atom stereocenters. The number of ether oxygens (including phenoxy) is 1. The minimum atomic E-state index is 0.300. The van der Waals surface area contributed by atoms with E-state index in [9.17, 15) is 0 Å². The molecule has 17 heavy (non-hydrogen) atoms. The van der Waals surface area contributed by atoms with E-state index in [-0.39, 0.29) is 0 Å². The highest BCUT2D eigenvalue weighted by molar-refractivity contribution is 7.71. The molecule has 0 amide bonds. The normalized spacial score (nSPS) is 10.8. The predicted molar refractivity (Wildman–Crippen MR) is 69.4 cm³/mol. The standard InChI is InChI=1S/C12H15N3OS/c1-8(2)11-13-14-12(17)15(11)9-5-4-6-10(7-9)16-3/h4-8H,1-3H3,(H,14,17). The number of rotatable bonds is 3. The van der Waals surface area contributed by atoms with Gasteiger partial charge in [0.1, 0.15) is 11.6 Å². The highest BCUT2D eigenvalue weighted by atomic mass is 32.1. The molecule has 0 aliphatic carbocycles. The second kappa shape index (κ2) is 4.71. The minimum Gasteiger partial charge on any atom is -0.497 e. The molecule has 0 saturated heterocycles. The van der Waals surface area contributed by atoms with E-state index in [1.807, 2.05) is 28.8 Å². The van der Waals surface area contributed by atoms with Crippen molar-refractivity contribution in [3.8, 4) is 11.4 Å². The lowest BCUT2D eigenvalue weighted by Gasteiger charge is -2.10. The topological polar surface area (TPSA) is 42.8 Å². The second-order valence-electron chi connectivity index (χ2n) is 4.08. The number of nitrogens with zero attached hydrogens (tertiary/aromatic N) is 2. The van der Waals surface area contributed by atoms with Crippen LogP contribution in [0.2, 0.25) is 0 Å². The molecule has 5 heteroatoms. The molecule has 0 fully saturated rings. The summed E-state index contributed by atoms with van der Waals surface area (Å²) in [5.74, 6) is 2.03. The van der Waals surface area contributed by atoms with Gasteiger partial charge in [0.2, 0.25) is 0 Å². The van der Waals surface area contributed by atoms with Gasteiger partial charge in [0, 0.05) is 12.0 Å². The van der Waals surface area contributed by atoms with Gasteiger partial charge >= 0.3 is 0 Å². The van der Waals surface area contributed by atoms with Gasteiger partial charge in [-0.1, -0.05) is 19.9 Å². The fourth-order valence-electron chi connectivity index (χ4n) is 1.70. The third-order valence-electron chi connectivity index (χ3n) is 2.53. The third-order valence-corrected chi connectivity index (χ3v) is 2.80. The minimum absolute atomic E-state index is 0.300. The van der Waals surface area contributed by atoms with Crippen molar-refractivity contribution in [2.75, 3.05) is 7.11 Å². The Kier molecular flexibility index (Phi) is 3.28. The quantitative estimate of drug-likeness (QED) is 0.850. The summed E-state index contributed by atoms with van der Waals surface area (Å²) in [6.07, 6.45) is 0. The van der Waals surface area contributed by atoms with Gasteiger partial charge in [0.05, 0.1) is 12.8 Å². The molecule has 2 rings (SSSR count). The van der Waals surface area contributed by atoms with E-state index in [0.717, 1.165) is 17.3 Å². The number of methoxy groups -OCH3 is 1. The Labute approximate surface area is 105 Å². The summed E-state index contributed by atoms with van der Waals surface area (Å²) >= 11 is 5.26. The summed E-state index contributed by atoms with van der Waals surface area (Å²) in [5, 5.41) is 7.08. The summed E-state index contributed by atoms with van der Waals surface area (Å²) < 4.78 is 7.75. The van der Waals surface area contributed by atoms with Crippen molar-refractivity contribution in [2.24, 2.45) is 0 Å². The van der Waals surface area contributed by atoms with E-state index in [1.54, 1.807) is 7.11 Å². The van der Waals surface area contributed by atoms with Gasteiger partial charge in [-0.15, -0.1) is 0 Å². The molecule has 4 nitrogen and oxygen atoms in total. The third kappa shape index (κ3) is 2.24. The maximum absolute atomic E-state index is 5.26. The monoisotopic (exact) mass is 249 g/mol. The van der Waals surface area contributed by atoms with Gasteiger partial charge in [-0.2, -0.15) is 5.10 Å². The summed E-state index contributed by atoms with van der Waals surface area (Å²) in [4.78, 5) is 0. The first kappa shape index (κ1) is 11.9. The Hall–Kier alpha value is -1.62. The molecule has 90 valence electrons. The van der Waals surface area contributed by atoms with Crippen molar-refractivity contribution in [1.29, 1.82) is 0 Å². The van der Waals surface area contributed by atoms with Crippen LogP contribution in [-0.2, 0) is 0 Å². The van der Waals surface area contributed by atoms with Crippen LogP contribution < -0.4 is 4.74 Å². The Morgan fingerprint density at radius 3 is 2.82 bits per heavy atom. The summed E-state index contributed by atoms with van der Waals surface area (Å²) in [6, 6.07) is 7.77. The zero-order valence-electron chi connectivity index (χ0n) is 10.1. The molecular formula is C12H15N3OS. The molecule has 0 bridgehead atoms. The Bertz CT molecular complexity index is 571. The zero-order valence-corrected chi connectivity index (χ0v) is 10.9. The smallest absolute Gasteiger partial charge is 0.199 e. The maximum atomic E-state index is 5.26. The molecule has 1 aromatic heterocycles. The van der Waals surface area contributed by atoms with Crippen LogP contribution >= 0.6 is 12.2 Å². The maximum Gasteiger partial charge on any atom is 0.199 e. The van der Waals surface area contributed by atoms with Gasteiger partial charge in [-0.3, -0.25) is 9.67 Å². The van der Waals surface area contributed by atoms with E-state index in [2.05, 4.69) is 24.0 Å². The highest BCUT2D eigenvalue weighted by Crippen LogP contribution is 2.21. The van der Waals surface area contributed by atoms with Crippen molar-refractivity contribution >= 4 is 12.2 Å². The molecule has 1 heterocycles. The van der Waals surface area contributed by atoms with E-state index in [1.165, 1.54) is 0 Å². The average molecular weight is 249 g/mol. The van der Waals surface area contributed by atoms with Gasteiger partial charge < -0.3 is 4.74 Å². The summed E-state index contributed by atoms with van der Waals surface area (Å²) in [5.41, 5.74) is 0.965. The zero-order chi connectivity index (χ0) is 12.4. The first-order valence-corrected chi connectivity index (χ1v) is 5.86. The molecule has 0 radical (unpaired) electrons. The Morgan fingerprint density at radius 1 is 1.41 bits per heavy atom. The number of H-pyrrole nitrogens is 1. The van der Waals surface area contributed by atoms with Crippen molar-refractivity contribution in [3.63, 3.8) is 0 Å². The van der Waals surface area contributed by atoms with Crippen LogP contribution in [0.15, 0.2) is 24.3 Å². The van der Waals surface area contributed by atoms with E-state index in [0.29, 0.717) is 10.7 Å². The number of hydrogen-bond acceptors (Lipinski definition) is 3. The fraction of sp³-hybridized carbons (Fsp3) is 0.333. The predicted octanol–water partition coefficient (Wildman–Crippen LogP) is 3.06. The number of aromatic amines is 1. The molecule has 0 aliphatic heterocycles. The van der Waals surface area contributed by atoms with Crippen LogP contribution in [0.25, 0.3) is 5.69 Å². The Morgan fingerprint density at radius 2 is 2.18 bits per heavy atom. The Balaban J connectivity index is 2.59. The number of nitrogens with one attached hydrogen (secondary N) is 1. The van der Waals surface area contributed by atoms with Crippen LogP contribution in [0, 0.1) is 4.77 Å². The van der Waals surface area contributed by atoms with Crippen molar-refractivity contribution in [2.45, 2.75) is 19.8 Å². The number of benzene rings is 1. The molecular weight excluding hydrogens is 234 g/mol. The SMILES string of the molecule is COc1cccc(-n2c(C(C)C)n[nH]c2=S)c1. The summed E-state index contributed by atoms with van der Waals surface area (Å²) in [7, 11) is 1.65. The largest absolute Gasteiger partial charge is 0.497 e. The lowest BCUT2D eigenvalue weighted by Crippen LogP contribution is -2.03. The van der Waals surface area contributed by atoms with Gasteiger partial charge in [0.15, 0.2) is 4.77 Å². The van der Waals surface area contributed by atoms with Crippen molar-refractivity contribution in [1.82, 2.24) is 14.8 Å². The van der Waals surface area contributed by atoms with Crippen LogP contribution in [0.5, 0.6) is 5.75 Å². The van der Waals surface area contributed by atoms with E-state index >= 15 is 0 Å². The number of aromatic nitrogens is 3. The fourth-order valence-corrected chi connectivity index (χ4v) is 1.94.